The summed E-state index contributed by atoms with van der Waals surface area (Å²) in [5.41, 5.74) is -0.414. The first-order chi connectivity index (χ1) is 9.97. The first-order valence-corrected chi connectivity index (χ1v) is 6.69. The molecule has 2 aromatic rings. The molecule has 2 aromatic carbocycles. The maximum atomic E-state index is 13.5. The van der Waals surface area contributed by atoms with Gasteiger partial charge in [0.2, 0.25) is 5.91 Å². The number of benzene rings is 2. The zero-order valence-electron chi connectivity index (χ0n) is 10.6. The zero-order valence-corrected chi connectivity index (χ0v) is 12.2. The van der Waals surface area contributed by atoms with Gasteiger partial charge >= 0.3 is 0 Å². The fourth-order valence-electron chi connectivity index (χ4n) is 1.61. The van der Waals surface area contributed by atoms with Crippen LogP contribution in [0.4, 0.5) is 24.5 Å². The summed E-state index contributed by atoms with van der Waals surface area (Å²) in [6.45, 7) is -0.327. The highest BCUT2D eigenvalue weighted by atomic mass is 79.9. The van der Waals surface area contributed by atoms with Crippen LogP contribution >= 0.6 is 15.9 Å². The van der Waals surface area contributed by atoms with Gasteiger partial charge in [-0.3, -0.25) is 4.79 Å². The van der Waals surface area contributed by atoms with E-state index in [1.54, 1.807) is 6.07 Å². The Bertz CT molecular complexity index is 659. The molecule has 0 aliphatic heterocycles. The van der Waals surface area contributed by atoms with Crippen LogP contribution in [0, 0.1) is 17.5 Å². The molecule has 0 spiro atoms. The number of para-hydroxylation sites is 1. The van der Waals surface area contributed by atoms with Crippen LogP contribution in [-0.4, -0.2) is 12.5 Å². The summed E-state index contributed by atoms with van der Waals surface area (Å²) < 4.78 is 40.8. The van der Waals surface area contributed by atoms with Gasteiger partial charge in [-0.2, -0.15) is 0 Å². The van der Waals surface area contributed by atoms with Gasteiger partial charge in [0.05, 0.1) is 12.2 Å². The zero-order chi connectivity index (χ0) is 15.4. The fourth-order valence-corrected chi connectivity index (χ4v) is 1.94. The van der Waals surface area contributed by atoms with Crippen molar-refractivity contribution in [3.8, 4) is 0 Å². The number of anilines is 2. The maximum Gasteiger partial charge on any atom is 0.243 e. The smallest absolute Gasteiger partial charge is 0.243 e. The predicted octanol–water partition coefficient (Wildman–Crippen LogP) is 3.92. The summed E-state index contributed by atoms with van der Waals surface area (Å²) >= 11 is 3.11. The molecule has 0 radical (unpaired) electrons. The second kappa shape index (κ2) is 6.62. The van der Waals surface area contributed by atoms with E-state index < -0.39 is 29.0 Å². The monoisotopic (exact) mass is 358 g/mol. The molecule has 0 fully saturated rings. The van der Waals surface area contributed by atoms with Crippen molar-refractivity contribution in [2.75, 3.05) is 17.2 Å². The number of carbonyl (C=O) groups excluding carboxylic acids is 1. The summed E-state index contributed by atoms with van der Waals surface area (Å²) in [6.07, 6.45) is 0. The standard InChI is InChI=1S/C14H10BrF3N2O/c15-8-4-5-12(11(18)6-8)19-7-13(21)20-14-9(16)2-1-3-10(14)17/h1-6,19H,7H2,(H,20,21). The van der Waals surface area contributed by atoms with Gasteiger partial charge in [0, 0.05) is 4.47 Å². The van der Waals surface area contributed by atoms with E-state index in [9.17, 15) is 18.0 Å². The van der Waals surface area contributed by atoms with Crippen molar-refractivity contribution in [3.05, 3.63) is 58.3 Å². The lowest BCUT2D eigenvalue weighted by Crippen LogP contribution is -2.23. The molecule has 0 unspecified atom stereocenters. The minimum Gasteiger partial charge on any atom is -0.374 e. The Morgan fingerprint density at radius 1 is 1.05 bits per heavy atom. The summed E-state index contributed by atoms with van der Waals surface area (Å²) in [7, 11) is 0. The Morgan fingerprint density at radius 2 is 1.71 bits per heavy atom. The van der Waals surface area contributed by atoms with Crippen LogP contribution in [0.25, 0.3) is 0 Å². The largest absolute Gasteiger partial charge is 0.374 e. The van der Waals surface area contributed by atoms with Crippen molar-refractivity contribution in [2.24, 2.45) is 0 Å². The Labute approximate surface area is 127 Å². The van der Waals surface area contributed by atoms with Gasteiger partial charge in [0.25, 0.3) is 0 Å². The van der Waals surface area contributed by atoms with Gasteiger partial charge in [-0.25, -0.2) is 13.2 Å². The summed E-state index contributed by atoms with van der Waals surface area (Å²) in [6, 6.07) is 7.52. The molecule has 0 aliphatic carbocycles. The van der Waals surface area contributed by atoms with E-state index in [0.29, 0.717) is 4.47 Å². The number of carbonyl (C=O) groups is 1. The molecule has 1 amide bonds. The normalized spacial score (nSPS) is 10.3. The van der Waals surface area contributed by atoms with Crippen LogP contribution in [0.3, 0.4) is 0 Å². The van der Waals surface area contributed by atoms with Crippen LogP contribution in [0.2, 0.25) is 0 Å². The van der Waals surface area contributed by atoms with E-state index in [0.717, 1.165) is 12.1 Å². The van der Waals surface area contributed by atoms with E-state index in [4.69, 9.17) is 0 Å². The number of hydrogen-bond acceptors (Lipinski definition) is 2. The SMILES string of the molecule is O=C(CNc1ccc(Br)cc1F)Nc1c(F)cccc1F. The third-order valence-electron chi connectivity index (χ3n) is 2.60. The molecule has 0 saturated carbocycles. The molecule has 0 heterocycles. The Hall–Kier alpha value is -2.02. The Morgan fingerprint density at radius 3 is 2.33 bits per heavy atom. The van der Waals surface area contributed by atoms with Gasteiger partial charge in [-0.15, -0.1) is 0 Å². The van der Waals surface area contributed by atoms with Crippen LogP contribution in [0.15, 0.2) is 40.9 Å². The highest BCUT2D eigenvalue weighted by Crippen LogP contribution is 2.20. The molecule has 0 aromatic heterocycles. The first kappa shape index (κ1) is 15.4. The average molecular weight is 359 g/mol. The predicted molar refractivity (Wildman–Crippen MR) is 77.6 cm³/mol. The lowest BCUT2D eigenvalue weighted by Gasteiger charge is -2.10. The van der Waals surface area contributed by atoms with Crippen LogP contribution in [-0.2, 0) is 4.79 Å². The fraction of sp³-hybridized carbons (Fsp3) is 0.0714. The van der Waals surface area contributed by atoms with Crippen molar-refractivity contribution in [3.63, 3.8) is 0 Å². The average Bonchev–Trinajstić information content (AvgIpc) is 2.42. The molecule has 3 nitrogen and oxygen atoms in total. The maximum absolute atomic E-state index is 13.5. The number of hydrogen-bond donors (Lipinski definition) is 2. The van der Waals surface area contributed by atoms with Gasteiger partial charge in [0.15, 0.2) is 0 Å². The second-order valence-corrected chi connectivity index (χ2v) is 5.04. The number of nitrogens with one attached hydrogen (secondary N) is 2. The third kappa shape index (κ3) is 3.98. The van der Waals surface area contributed by atoms with Crippen molar-refractivity contribution in [1.82, 2.24) is 0 Å². The van der Waals surface area contributed by atoms with E-state index in [-0.39, 0.29) is 12.2 Å². The summed E-state index contributed by atoms with van der Waals surface area (Å²) in [4.78, 5) is 11.6. The van der Waals surface area contributed by atoms with E-state index in [1.165, 1.54) is 18.2 Å². The second-order valence-electron chi connectivity index (χ2n) is 4.12. The van der Waals surface area contributed by atoms with E-state index in [1.807, 2.05) is 0 Å². The number of halogens is 4. The molecular weight excluding hydrogens is 349 g/mol. The Kier molecular flexibility index (Phi) is 4.85. The van der Waals surface area contributed by atoms with Crippen molar-refractivity contribution in [2.45, 2.75) is 0 Å². The minimum atomic E-state index is -0.877. The highest BCUT2D eigenvalue weighted by molar-refractivity contribution is 9.10. The van der Waals surface area contributed by atoms with Crippen molar-refractivity contribution < 1.29 is 18.0 Å². The van der Waals surface area contributed by atoms with Crippen molar-refractivity contribution in [1.29, 1.82) is 0 Å². The number of rotatable bonds is 4. The van der Waals surface area contributed by atoms with Crippen molar-refractivity contribution >= 4 is 33.2 Å². The van der Waals surface area contributed by atoms with Crippen LogP contribution in [0.1, 0.15) is 0 Å². The highest BCUT2D eigenvalue weighted by Gasteiger charge is 2.12. The van der Waals surface area contributed by atoms with E-state index >= 15 is 0 Å². The summed E-state index contributed by atoms with van der Waals surface area (Å²) in [5.74, 6) is -2.99. The van der Waals surface area contributed by atoms with Gasteiger partial charge in [-0.1, -0.05) is 22.0 Å². The molecule has 0 bridgehead atoms. The van der Waals surface area contributed by atoms with Gasteiger partial charge in [0.1, 0.15) is 23.1 Å². The summed E-state index contributed by atoms with van der Waals surface area (Å²) in [5, 5.41) is 4.64. The molecule has 2 N–H and O–H groups in total. The quantitative estimate of drug-likeness (QED) is 0.869. The van der Waals surface area contributed by atoms with Gasteiger partial charge in [-0.05, 0) is 30.3 Å². The molecule has 2 rings (SSSR count). The van der Waals surface area contributed by atoms with Gasteiger partial charge < -0.3 is 10.6 Å². The molecule has 0 aliphatic rings. The molecule has 0 saturated heterocycles. The lowest BCUT2D eigenvalue weighted by molar-refractivity contribution is -0.114. The first-order valence-electron chi connectivity index (χ1n) is 5.90. The third-order valence-corrected chi connectivity index (χ3v) is 3.09. The van der Waals surface area contributed by atoms with Crippen LogP contribution in [0.5, 0.6) is 0 Å². The molecular formula is C14H10BrF3N2O. The van der Waals surface area contributed by atoms with E-state index in [2.05, 4.69) is 26.6 Å². The topological polar surface area (TPSA) is 41.1 Å². The molecule has 21 heavy (non-hydrogen) atoms. The molecule has 7 heteroatoms. The minimum absolute atomic E-state index is 0.113. The van der Waals surface area contributed by atoms with Crippen LogP contribution < -0.4 is 10.6 Å². The number of amides is 1. The molecule has 0 atom stereocenters. The Balaban J connectivity index is 1.99. The molecule has 110 valence electrons. The lowest BCUT2D eigenvalue weighted by atomic mass is 10.3.